The largest absolute Gasteiger partial charge is 0.388 e. The summed E-state index contributed by atoms with van der Waals surface area (Å²) in [6, 6.07) is 8.58. The third-order valence-corrected chi connectivity index (χ3v) is 5.82. The van der Waals surface area contributed by atoms with E-state index in [0.717, 1.165) is 6.07 Å². The lowest BCUT2D eigenvalue weighted by atomic mass is 9.91. The topological polar surface area (TPSA) is 99.5 Å². The van der Waals surface area contributed by atoms with Gasteiger partial charge in [0.2, 0.25) is 0 Å². The molecule has 2 heterocycles. The summed E-state index contributed by atoms with van der Waals surface area (Å²) in [5.74, 6) is -1.57. The monoisotopic (exact) mass is 486 g/mol. The van der Waals surface area contributed by atoms with Gasteiger partial charge in [-0.05, 0) is 62.2 Å². The molecule has 7 nitrogen and oxygen atoms in total. The lowest BCUT2D eigenvalue weighted by Gasteiger charge is -2.30. The predicted octanol–water partition coefficient (Wildman–Crippen LogP) is 4.17. The summed E-state index contributed by atoms with van der Waals surface area (Å²) in [6.45, 7) is 4.64. The number of carbonyl (C=O) groups is 1. The molecule has 0 saturated heterocycles. The van der Waals surface area contributed by atoms with Gasteiger partial charge in [0, 0.05) is 11.8 Å². The molecule has 1 amide bonds. The molecule has 34 heavy (non-hydrogen) atoms. The number of rotatable bonds is 5. The molecular formula is C24H21ClF2N4O3. The minimum atomic E-state index is -1.37. The van der Waals surface area contributed by atoms with E-state index in [1.807, 2.05) is 0 Å². The molecule has 0 aliphatic heterocycles. The number of aromatic nitrogens is 3. The van der Waals surface area contributed by atoms with Gasteiger partial charge in [-0.1, -0.05) is 23.7 Å². The second-order valence-corrected chi connectivity index (χ2v) is 8.91. The van der Waals surface area contributed by atoms with E-state index in [2.05, 4.69) is 15.4 Å². The number of nitrogens with one attached hydrogen (secondary N) is 2. The number of carbonyl (C=O) groups excluding carboxylic acids is 1. The lowest BCUT2D eigenvalue weighted by molar-refractivity contribution is 0.0343. The molecule has 0 radical (unpaired) electrons. The van der Waals surface area contributed by atoms with E-state index in [9.17, 15) is 23.5 Å². The van der Waals surface area contributed by atoms with Gasteiger partial charge in [-0.25, -0.2) is 13.3 Å². The van der Waals surface area contributed by atoms with Crippen molar-refractivity contribution < 1.29 is 18.7 Å². The first-order valence-corrected chi connectivity index (χ1v) is 10.7. The molecule has 10 heteroatoms. The van der Waals surface area contributed by atoms with Gasteiger partial charge in [-0.3, -0.25) is 9.59 Å². The summed E-state index contributed by atoms with van der Waals surface area (Å²) in [4.78, 5) is 28.5. The average Bonchev–Trinajstić information content (AvgIpc) is 3.11. The number of hydrogen-bond acceptors (Lipinski definition) is 4. The Morgan fingerprint density at radius 3 is 2.50 bits per heavy atom. The molecule has 1 atom stereocenters. The van der Waals surface area contributed by atoms with E-state index >= 15 is 0 Å². The Balaban J connectivity index is 1.73. The van der Waals surface area contributed by atoms with E-state index in [0.29, 0.717) is 16.7 Å². The van der Waals surface area contributed by atoms with Crippen LogP contribution in [-0.4, -0.2) is 31.2 Å². The predicted molar refractivity (Wildman–Crippen MR) is 124 cm³/mol. The maximum absolute atomic E-state index is 13.9. The number of halogens is 3. The molecule has 4 aromatic rings. The number of nitrogens with zero attached hydrogens (tertiary/aromatic N) is 2. The third-order valence-electron chi connectivity index (χ3n) is 5.52. The lowest BCUT2D eigenvalue weighted by Crippen LogP contribution is -2.42. The van der Waals surface area contributed by atoms with Crippen LogP contribution in [0.4, 0.5) is 8.78 Å². The Labute approximate surface area is 198 Å². The van der Waals surface area contributed by atoms with Gasteiger partial charge in [-0.15, -0.1) is 5.10 Å². The molecule has 2 aromatic carbocycles. The first kappa shape index (κ1) is 23.6. The van der Waals surface area contributed by atoms with Crippen LogP contribution in [0.1, 0.15) is 41.4 Å². The van der Waals surface area contributed by atoms with E-state index in [1.54, 1.807) is 6.92 Å². The minimum absolute atomic E-state index is 0.0644. The van der Waals surface area contributed by atoms with Crippen LogP contribution in [0.2, 0.25) is 5.02 Å². The fraction of sp³-hybridized carbons (Fsp3) is 0.208. The highest BCUT2D eigenvalue weighted by Crippen LogP contribution is 2.27. The maximum Gasteiger partial charge on any atom is 0.275 e. The molecule has 0 aliphatic carbocycles. The smallest absolute Gasteiger partial charge is 0.275 e. The molecule has 0 spiro atoms. The first-order valence-electron chi connectivity index (χ1n) is 10.3. The van der Waals surface area contributed by atoms with Crippen LogP contribution in [0.25, 0.3) is 16.9 Å². The molecule has 0 fully saturated rings. The summed E-state index contributed by atoms with van der Waals surface area (Å²) in [5.41, 5.74) is -0.410. The van der Waals surface area contributed by atoms with E-state index in [-0.39, 0.29) is 21.9 Å². The fourth-order valence-corrected chi connectivity index (χ4v) is 3.89. The van der Waals surface area contributed by atoms with Crippen LogP contribution >= 0.6 is 11.6 Å². The SMILES string of the molecule is Cc1c(C(=O)NC(c2ccc(F)cc2)C(C)(C)O)cn2nc(-c3ccc(Cl)c(F)c3)[nH]c(=O)c12. The van der Waals surface area contributed by atoms with Gasteiger partial charge in [0.05, 0.1) is 22.2 Å². The van der Waals surface area contributed by atoms with E-state index in [1.165, 1.54) is 61.0 Å². The highest BCUT2D eigenvalue weighted by atomic mass is 35.5. The van der Waals surface area contributed by atoms with Crippen molar-refractivity contribution in [2.75, 3.05) is 0 Å². The van der Waals surface area contributed by atoms with Gasteiger partial charge >= 0.3 is 0 Å². The first-order chi connectivity index (χ1) is 16.0. The molecule has 3 N–H and O–H groups in total. The Hall–Kier alpha value is -3.56. The van der Waals surface area contributed by atoms with Crippen molar-refractivity contribution in [2.24, 2.45) is 0 Å². The Morgan fingerprint density at radius 2 is 1.88 bits per heavy atom. The van der Waals surface area contributed by atoms with Gasteiger partial charge in [-0.2, -0.15) is 0 Å². The number of benzene rings is 2. The summed E-state index contributed by atoms with van der Waals surface area (Å²) in [5, 5.41) is 17.6. The van der Waals surface area contributed by atoms with Crippen LogP contribution in [0.15, 0.2) is 53.5 Å². The number of aromatic amines is 1. The van der Waals surface area contributed by atoms with Crippen molar-refractivity contribution in [1.82, 2.24) is 19.9 Å². The van der Waals surface area contributed by atoms with Crippen LogP contribution in [-0.2, 0) is 0 Å². The van der Waals surface area contributed by atoms with Crippen molar-refractivity contribution in [3.8, 4) is 11.4 Å². The average molecular weight is 487 g/mol. The molecule has 176 valence electrons. The molecule has 0 bridgehead atoms. The van der Waals surface area contributed by atoms with Crippen molar-refractivity contribution in [1.29, 1.82) is 0 Å². The number of amides is 1. The van der Waals surface area contributed by atoms with Crippen LogP contribution < -0.4 is 10.9 Å². The number of aliphatic hydroxyl groups is 1. The van der Waals surface area contributed by atoms with Crippen molar-refractivity contribution >= 4 is 23.0 Å². The highest BCUT2D eigenvalue weighted by molar-refractivity contribution is 6.30. The molecule has 2 aromatic heterocycles. The molecule has 0 aliphatic rings. The number of H-pyrrole nitrogens is 1. The van der Waals surface area contributed by atoms with Crippen LogP contribution in [0.3, 0.4) is 0 Å². The maximum atomic E-state index is 13.9. The Bertz CT molecular complexity index is 1460. The van der Waals surface area contributed by atoms with Gasteiger partial charge in [0.1, 0.15) is 17.2 Å². The van der Waals surface area contributed by atoms with Gasteiger partial charge < -0.3 is 15.4 Å². The van der Waals surface area contributed by atoms with Gasteiger partial charge in [0.15, 0.2) is 5.82 Å². The van der Waals surface area contributed by atoms with Crippen molar-refractivity contribution in [2.45, 2.75) is 32.4 Å². The number of hydrogen-bond donors (Lipinski definition) is 3. The minimum Gasteiger partial charge on any atom is -0.388 e. The van der Waals surface area contributed by atoms with Crippen molar-refractivity contribution in [3.05, 3.63) is 92.4 Å². The quantitative estimate of drug-likeness (QED) is 0.394. The molecule has 0 saturated carbocycles. The summed E-state index contributed by atoms with van der Waals surface area (Å²) < 4.78 is 28.5. The van der Waals surface area contributed by atoms with E-state index < -0.39 is 34.7 Å². The normalized spacial score (nSPS) is 12.7. The Morgan fingerprint density at radius 1 is 1.21 bits per heavy atom. The second-order valence-electron chi connectivity index (χ2n) is 8.50. The number of fused-ring (bicyclic) bond motifs is 1. The Kier molecular flexibility index (Phi) is 6.01. The van der Waals surface area contributed by atoms with Crippen molar-refractivity contribution in [3.63, 3.8) is 0 Å². The summed E-state index contributed by atoms with van der Waals surface area (Å²) in [6.07, 6.45) is 1.39. The standard InChI is InChI=1S/C24H21ClF2N4O3/c1-12-16(22(32)28-20(24(2,3)34)13-4-7-15(26)8-5-13)11-31-19(12)23(33)29-21(30-31)14-6-9-17(25)18(27)10-14/h4-11,20,34H,1-3H3,(H,28,32)(H,29,30,33). The van der Waals surface area contributed by atoms with Crippen LogP contribution in [0.5, 0.6) is 0 Å². The van der Waals surface area contributed by atoms with E-state index in [4.69, 9.17) is 11.6 Å². The molecular weight excluding hydrogens is 466 g/mol. The zero-order valence-corrected chi connectivity index (χ0v) is 19.2. The highest BCUT2D eigenvalue weighted by Gasteiger charge is 2.31. The zero-order valence-electron chi connectivity index (χ0n) is 18.5. The fourth-order valence-electron chi connectivity index (χ4n) is 3.77. The van der Waals surface area contributed by atoms with Crippen LogP contribution in [0, 0.1) is 18.6 Å². The second kappa shape index (κ2) is 8.66. The molecule has 4 rings (SSSR count). The third kappa shape index (κ3) is 4.44. The summed E-state index contributed by atoms with van der Waals surface area (Å²) in [7, 11) is 0. The zero-order chi connectivity index (χ0) is 24.8. The number of aryl methyl sites for hydroxylation is 1. The summed E-state index contributed by atoms with van der Waals surface area (Å²) >= 11 is 5.73. The van der Waals surface area contributed by atoms with Gasteiger partial charge in [0.25, 0.3) is 11.5 Å². The molecule has 1 unspecified atom stereocenters.